The third-order valence-electron chi connectivity index (χ3n) is 3.92. The standard InChI is InChI=1S/C19H18N2O2S2/c1-14-17(20-19(23-14)18-7-4-10-25-18)13-21(11-15-5-2-8-22-15)12-16-6-3-9-24-16/h2-10H,11-13H2,1H3. The van der Waals surface area contributed by atoms with Crippen molar-refractivity contribution in [3.8, 4) is 10.8 Å². The fourth-order valence-electron chi connectivity index (χ4n) is 2.71. The molecule has 0 saturated heterocycles. The first-order chi connectivity index (χ1) is 12.3. The third kappa shape index (κ3) is 3.92. The van der Waals surface area contributed by atoms with E-state index in [9.17, 15) is 0 Å². The zero-order valence-electron chi connectivity index (χ0n) is 13.8. The van der Waals surface area contributed by atoms with Gasteiger partial charge in [-0.15, -0.1) is 22.7 Å². The van der Waals surface area contributed by atoms with E-state index in [0.29, 0.717) is 5.89 Å². The smallest absolute Gasteiger partial charge is 0.236 e. The summed E-state index contributed by atoms with van der Waals surface area (Å²) < 4.78 is 11.4. The monoisotopic (exact) mass is 370 g/mol. The quantitative estimate of drug-likeness (QED) is 0.427. The molecular formula is C19H18N2O2S2. The highest BCUT2D eigenvalue weighted by Crippen LogP contribution is 2.27. The van der Waals surface area contributed by atoms with Gasteiger partial charge in [-0.1, -0.05) is 12.1 Å². The lowest BCUT2D eigenvalue weighted by atomic mass is 10.3. The van der Waals surface area contributed by atoms with Crippen molar-refractivity contribution in [2.24, 2.45) is 0 Å². The Bertz CT molecular complexity index is 857. The highest BCUT2D eigenvalue weighted by Gasteiger charge is 2.17. The van der Waals surface area contributed by atoms with Gasteiger partial charge in [0, 0.05) is 18.0 Å². The van der Waals surface area contributed by atoms with Gasteiger partial charge < -0.3 is 8.83 Å². The summed E-state index contributed by atoms with van der Waals surface area (Å²) in [5, 5.41) is 4.14. The van der Waals surface area contributed by atoms with Crippen LogP contribution in [0.5, 0.6) is 0 Å². The Kier molecular flexibility index (Phi) is 4.83. The van der Waals surface area contributed by atoms with E-state index < -0.39 is 0 Å². The molecule has 0 amide bonds. The van der Waals surface area contributed by atoms with E-state index in [-0.39, 0.29) is 0 Å². The van der Waals surface area contributed by atoms with Crippen molar-refractivity contribution in [3.05, 3.63) is 75.5 Å². The predicted molar refractivity (Wildman–Crippen MR) is 101 cm³/mol. The molecule has 4 aromatic rings. The summed E-state index contributed by atoms with van der Waals surface area (Å²) in [6, 6.07) is 12.2. The molecule has 4 aromatic heterocycles. The molecular weight excluding hydrogens is 352 g/mol. The normalized spacial score (nSPS) is 11.4. The van der Waals surface area contributed by atoms with Crippen molar-refractivity contribution in [3.63, 3.8) is 0 Å². The number of thiophene rings is 2. The Morgan fingerprint density at radius 2 is 1.88 bits per heavy atom. The molecule has 0 aliphatic carbocycles. The summed E-state index contributed by atoms with van der Waals surface area (Å²) in [4.78, 5) is 9.44. The number of furan rings is 1. The predicted octanol–water partition coefficient (Wildman–Crippen LogP) is 5.57. The maximum Gasteiger partial charge on any atom is 0.236 e. The summed E-state index contributed by atoms with van der Waals surface area (Å²) in [5.41, 5.74) is 0.978. The first-order valence-electron chi connectivity index (χ1n) is 8.05. The molecule has 0 saturated carbocycles. The summed E-state index contributed by atoms with van der Waals surface area (Å²) in [7, 11) is 0. The summed E-state index contributed by atoms with van der Waals surface area (Å²) >= 11 is 3.41. The van der Waals surface area contributed by atoms with Crippen molar-refractivity contribution in [1.29, 1.82) is 0 Å². The second kappa shape index (κ2) is 7.39. The van der Waals surface area contributed by atoms with Gasteiger partial charge in [0.15, 0.2) is 0 Å². The van der Waals surface area contributed by atoms with E-state index in [2.05, 4.69) is 22.4 Å². The Hall–Kier alpha value is -2.15. The Morgan fingerprint density at radius 3 is 2.60 bits per heavy atom. The lowest BCUT2D eigenvalue weighted by molar-refractivity contribution is 0.225. The van der Waals surface area contributed by atoms with Crippen molar-refractivity contribution in [2.45, 2.75) is 26.6 Å². The van der Waals surface area contributed by atoms with Gasteiger partial charge in [-0.25, -0.2) is 4.98 Å². The van der Waals surface area contributed by atoms with Crippen LogP contribution in [0, 0.1) is 6.92 Å². The minimum atomic E-state index is 0.705. The molecule has 0 bridgehead atoms. The van der Waals surface area contributed by atoms with Gasteiger partial charge in [0.05, 0.1) is 23.4 Å². The minimum Gasteiger partial charge on any atom is -0.468 e. The molecule has 0 aromatic carbocycles. The molecule has 4 rings (SSSR count). The number of hydrogen-bond donors (Lipinski definition) is 0. The molecule has 128 valence electrons. The highest BCUT2D eigenvalue weighted by molar-refractivity contribution is 7.13. The molecule has 0 aliphatic heterocycles. The van der Waals surface area contributed by atoms with Crippen molar-refractivity contribution < 1.29 is 8.83 Å². The second-order valence-corrected chi connectivity index (χ2v) is 7.78. The van der Waals surface area contributed by atoms with Crippen molar-refractivity contribution >= 4 is 22.7 Å². The first kappa shape index (κ1) is 16.3. The van der Waals surface area contributed by atoms with Crippen LogP contribution in [0.4, 0.5) is 0 Å². The fourth-order valence-corrected chi connectivity index (χ4v) is 4.10. The molecule has 0 fully saturated rings. The highest BCUT2D eigenvalue weighted by atomic mass is 32.1. The zero-order chi connectivity index (χ0) is 17.1. The lowest BCUT2D eigenvalue weighted by Gasteiger charge is -2.19. The minimum absolute atomic E-state index is 0.705. The topological polar surface area (TPSA) is 42.4 Å². The zero-order valence-corrected chi connectivity index (χ0v) is 15.5. The molecule has 0 unspecified atom stereocenters. The Balaban J connectivity index is 1.55. The van der Waals surface area contributed by atoms with E-state index in [1.807, 2.05) is 36.6 Å². The van der Waals surface area contributed by atoms with Gasteiger partial charge >= 0.3 is 0 Å². The van der Waals surface area contributed by atoms with Crippen LogP contribution in [0.2, 0.25) is 0 Å². The number of nitrogens with zero attached hydrogens (tertiary/aromatic N) is 2. The molecule has 0 spiro atoms. The first-order valence-corrected chi connectivity index (χ1v) is 9.81. The third-order valence-corrected chi connectivity index (χ3v) is 5.64. The fraction of sp³-hybridized carbons (Fsp3) is 0.211. The largest absolute Gasteiger partial charge is 0.468 e. The number of oxazole rings is 1. The van der Waals surface area contributed by atoms with Gasteiger partial charge in [-0.05, 0) is 41.9 Å². The molecule has 6 heteroatoms. The summed E-state index contributed by atoms with van der Waals surface area (Å²) in [5.74, 6) is 2.53. The van der Waals surface area contributed by atoms with Gasteiger partial charge in [0.1, 0.15) is 11.5 Å². The summed E-state index contributed by atoms with van der Waals surface area (Å²) in [6.45, 7) is 4.31. The van der Waals surface area contributed by atoms with Gasteiger partial charge in [-0.2, -0.15) is 0 Å². The lowest BCUT2D eigenvalue weighted by Crippen LogP contribution is -2.22. The van der Waals surface area contributed by atoms with E-state index in [1.54, 1.807) is 28.9 Å². The van der Waals surface area contributed by atoms with Crippen LogP contribution >= 0.6 is 22.7 Å². The van der Waals surface area contributed by atoms with Crippen LogP contribution < -0.4 is 0 Å². The van der Waals surface area contributed by atoms with Crippen LogP contribution in [0.15, 0.2) is 62.3 Å². The molecule has 0 atom stereocenters. The number of hydrogen-bond acceptors (Lipinski definition) is 6. The molecule has 25 heavy (non-hydrogen) atoms. The van der Waals surface area contributed by atoms with Crippen molar-refractivity contribution in [1.82, 2.24) is 9.88 Å². The average Bonchev–Trinajstić information content (AvgIpc) is 3.36. The Morgan fingerprint density at radius 1 is 1.00 bits per heavy atom. The van der Waals surface area contributed by atoms with Crippen molar-refractivity contribution in [2.75, 3.05) is 0 Å². The molecule has 0 N–H and O–H groups in total. The van der Waals surface area contributed by atoms with Crippen LogP contribution in [-0.2, 0) is 19.6 Å². The van der Waals surface area contributed by atoms with Gasteiger partial charge in [0.25, 0.3) is 0 Å². The van der Waals surface area contributed by atoms with E-state index in [1.165, 1.54) is 4.88 Å². The molecule has 0 aliphatic rings. The maximum atomic E-state index is 5.88. The van der Waals surface area contributed by atoms with E-state index in [0.717, 1.165) is 41.7 Å². The van der Waals surface area contributed by atoms with E-state index in [4.69, 9.17) is 13.8 Å². The number of aromatic nitrogens is 1. The maximum absolute atomic E-state index is 5.88. The number of rotatable bonds is 7. The van der Waals surface area contributed by atoms with Gasteiger partial charge in [-0.3, -0.25) is 4.90 Å². The molecule has 0 radical (unpaired) electrons. The second-order valence-electron chi connectivity index (χ2n) is 5.80. The Labute approximate surface area is 154 Å². The SMILES string of the molecule is Cc1oc(-c2cccs2)nc1CN(Cc1ccco1)Cc1cccs1. The molecule has 4 heterocycles. The van der Waals surface area contributed by atoms with E-state index >= 15 is 0 Å². The van der Waals surface area contributed by atoms with Crippen LogP contribution in [0.1, 0.15) is 22.1 Å². The number of aryl methyl sites for hydroxylation is 1. The van der Waals surface area contributed by atoms with Crippen LogP contribution in [0.25, 0.3) is 10.8 Å². The average molecular weight is 370 g/mol. The van der Waals surface area contributed by atoms with Crippen LogP contribution in [0.3, 0.4) is 0 Å². The molecule has 4 nitrogen and oxygen atoms in total. The van der Waals surface area contributed by atoms with Gasteiger partial charge in [0.2, 0.25) is 5.89 Å². The summed E-state index contributed by atoms with van der Waals surface area (Å²) in [6.07, 6.45) is 1.72. The van der Waals surface area contributed by atoms with Crippen LogP contribution in [-0.4, -0.2) is 9.88 Å².